The molecule has 0 aliphatic heterocycles. The van der Waals surface area contributed by atoms with Gasteiger partial charge in [-0.15, -0.1) is 0 Å². The highest BCUT2D eigenvalue weighted by Gasteiger charge is 2.25. The Balaban J connectivity index is 2.56. The van der Waals surface area contributed by atoms with E-state index in [2.05, 4.69) is 10.1 Å². The summed E-state index contributed by atoms with van der Waals surface area (Å²) in [6.07, 6.45) is 2.74. The zero-order valence-electron chi connectivity index (χ0n) is 9.62. The first-order valence-electron chi connectivity index (χ1n) is 5.18. The maximum Gasteiger partial charge on any atom is 0.226 e. The molecule has 86 valence electrons. The van der Waals surface area contributed by atoms with Gasteiger partial charge in [0.15, 0.2) is 0 Å². The van der Waals surface area contributed by atoms with Crippen molar-refractivity contribution >= 4 is 0 Å². The third-order valence-corrected chi connectivity index (χ3v) is 2.36. The monoisotopic (exact) mass is 213 g/mol. The largest absolute Gasteiger partial charge is 0.371 e. The van der Waals surface area contributed by atoms with E-state index in [1.165, 1.54) is 0 Å². The van der Waals surface area contributed by atoms with Crippen molar-refractivity contribution < 1.29 is 9.26 Å². The van der Waals surface area contributed by atoms with E-state index in [1.807, 2.05) is 13.8 Å². The standard InChI is InChI=1S/C10H19N3O2/c1-10(2,14-3)9-12-8(15-13-9)6-4-5-7-11/h4-7,11H2,1-3H3. The van der Waals surface area contributed by atoms with Crippen LogP contribution in [0.15, 0.2) is 4.52 Å². The molecule has 5 heteroatoms. The average Bonchev–Trinajstić information content (AvgIpc) is 2.68. The number of nitrogens with two attached hydrogens (primary N) is 1. The topological polar surface area (TPSA) is 74.2 Å². The first kappa shape index (κ1) is 12.1. The second-order valence-corrected chi connectivity index (χ2v) is 3.97. The van der Waals surface area contributed by atoms with Crippen LogP contribution >= 0.6 is 0 Å². The number of hydrogen-bond acceptors (Lipinski definition) is 5. The van der Waals surface area contributed by atoms with Crippen LogP contribution in [0.1, 0.15) is 38.4 Å². The van der Waals surface area contributed by atoms with Crippen molar-refractivity contribution in [3.8, 4) is 0 Å². The lowest BCUT2D eigenvalue weighted by molar-refractivity contribution is 0.00973. The van der Waals surface area contributed by atoms with Crippen LogP contribution in [0.5, 0.6) is 0 Å². The highest BCUT2D eigenvalue weighted by Crippen LogP contribution is 2.20. The Morgan fingerprint density at radius 2 is 2.13 bits per heavy atom. The van der Waals surface area contributed by atoms with E-state index in [4.69, 9.17) is 15.0 Å². The molecule has 0 radical (unpaired) electrons. The van der Waals surface area contributed by atoms with E-state index in [1.54, 1.807) is 7.11 Å². The summed E-state index contributed by atoms with van der Waals surface area (Å²) in [7, 11) is 1.63. The minimum atomic E-state index is -0.490. The number of methoxy groups -OCH3 is 1. The minimum absolute atomic E-state index is 0.490. The predicted octanol–water partition coefficient (Wildman–Crippen LogP) is 1.23. The molecular formula is C10H19N3O2. The Morgan fingerprint density at radius 1 is 1.40 bits per heavy atom. The number of nitrogens with zero attached hydrogens (tertiary/aromatic N) is 2. The third kappa shape index (κ3) is 3.28. The van der Waals surface area contributed by atoms with E-state index < -0.39 is 5.60 Å². The predicted molar refractivity (Wildman–Crippen MR) is 56.3 cm³/mol. The zero-order valence-corrected chi connectivity index (χ0v) is 9.62. The van der Waals surface area contributed by atoms with Gasteiger partial charge in [0.25, 0.3) is 0 Å². The van der Waals surface area contributed by atoms with Gasteiger partial charge >= 0.3 is 0 Å². The quantitative estimate of drug-likeness (QED) is 0.719. The van der Waals surface area contributed by atoms with Crippen LogP contribution < -0.4 is 5.73 Å². The van der Waals surface area contributed by atoms with Crippen LogP contribution in [-0.4, -0.2) is 23.8 Å². The Labute approximate surface area is 90.0 Å². The number of aromatic nitrogens is 2. The molecule has 1 aromatic heterocycles. The van der Waals surface area contributed by atoms with Crippen LogP contribution in [0.25, 0.3) is 0 Å². The van der Waals surface area contributed by atoms with Crippen LogP contribution in [0.4, 0.5) is 0 Å². The molecule has 2 N–H and O–H groups in total. The Kier molecular flexibility index (Phi) is 4.23. The summed E-state index contributed by atoms with van der Waals surface area (Å²) in [4.78, 5) is 4.28. The molecule has 0 saturated heterocycles. The van der Waals surface area contributed by atoms with Gasteiger partial charge in [0.2, 0.25) is 11.7 Å². The fraction of sp³-hybridized carbons (Fsp3) is 0.800. The lowest BCUT2D eigenvalue weighted by Gasteiger charge is -2.17. The molecular weight excluding hydrogens is 194 g/mol. The summed E-state index contributed by atoms with van der Waals surface area (Å²) in [6, 6.07) is 0. The lowest BCUT2D eigenvalue weighted by Crippen LogP contribution is -2.21. The van der Waals surface area contributed by atoms with E-state index >= 15 is 0 Å². The molecule has 0 aliphatic carbocycles. The second-order valence-electron chi connectivity index (χ2n) is 3.97. The fourth-order valence-electron chi connectivity index (χ4n) is 1.11. The highest BCUT2D eigenvalue weighted by atomic mass is 16.5. The van der Waals surface area contributed by atoms with E-state index in [0.717, 1.165) is 19.3 Å². The molecule has 0 saturated carbocycles. The summed E-state index contributed by atoms with van der Waals surface area (Å²) >= 11 is 0. The molecule has 1 rings (SSSR count). The van der Waals surface area contributed by atoms with Crippen molar-refractivity contribution in [3.63, 3.8) is 0 Å². The maximum absolute atomic E-state index is 5.40. The second kappa shape index (κ2) is 5.23. The molecule has 0 aliphatic rings. The first-order valence-corrected chi connectivity index (χ1v) is 5.18. The molecule has 1 aromatic rings. The highest BCUT2D eigenvalue weighted by molar-refractivity contribution is 4.97. The van der Waals surface area contributed by atoms with Crippen molar-refractivity contribution in [2.45, 2.75) is 38.7 Å². The van der Waals surface area contributed by atoms with Crippen molar-refractivity contribution in [3.05, 3.63) is 11.7 Å². The van der Waals surface area contributed by atoms with Gasteiger partial charge in [-0.1, -0.05) is 5.16 Å². The van der Waals surface area contributed by atoms with Crippen LogP contribution in [0.3, 0.4) is 0 Å². The maximum atomic E-state index is 5.40. The summed E-state index contributed by atoms with van der Waals surface area (Å²) in [5.74, 6) is 1.25. The number of rotatable bonds is 6. The third-order valence-electron chi connectivity index (χ3n) is 2.36. The van der Waals surface area contributed by atoms with Gasteiger partial charge < -0.3 is 15.0 Å². The van der Waals surface area contributed by atoms with Gasteiger partial charge in [0.1, 0.15) is 5.60 Å². The normalized spacial score (nSPS) is 12.0. The molecule has 15 heavy (non-hydrogen) atoms. The van der Waals surface area contributed by atoms with Crippen LogP contribution in [0, 0.1) is 0 Å². The SMILES string of the molecule is COC(C)(C)c1noc(CCCCN)n1. The van der Waals surface area contributed by atoms with Crippen molar-refractivity contribution in [1.29, 1.82) is 0 Å². The number of aryl methyl sites for hydroxylation is 1. The van der Waals surface area contributed by atoms with Crippen molar-refractivity contribution in [2.75, 3.05) is 13.7 Å². The summed E-state index contributed by atoms with van der Waals surface area (Å²) in [5, 5.41) is 3.90. The first-order chi connectivity index (χ1) is 7.10. The van der Waals surface area contributed by atoms with Gasteiger partial charge in [-0.2, -0.15) is 4.98 Å². The van der Waals surface area contributed by atoms with Crippen LogP contribution in [0.2, 0.25) is 0 Å². The number of hydrogen-bond donors (Lipinski definition) is 1. The van der Waals surface area contributed by atoms with Gasteiger partial charge in [0.05, 0.1) is 0 Å². The Morgan fingerprint density at radius 3 is 2.73 bits per heavy atom. The van der Waals surface area contributed by atoms with E-state index in [0.29, 0.717) is 18.3 Å². The smallest absolute Gasteiger partial charge is 0.226 e. The average molecular weight is 213 g/mol. The molecule has 1 heterocycles. The Hall–Kier alpha value is -0.940. The number of ether oxygens (including phenoxy) is 1. The van der Waals surface area contributed by atoms with Gasteiger partial charge in [-0.3, -0.25) is 0 Å². The zero-order chi connectivity index (χ0) is 11.3. The molecule has 0 aromatic carbocycles. The Bertz CT molecular complexity index is 297. The lowest BCUT2D eigenvalue weighted by atomic mass is 10.1. The molecule has 0 amide bonds. The minimum Gasteiger partial charge on any atom is -0.371 e. The number of unbranched alkanes of at least 4 members (excludes halogenated alkanes) is 1. The van der Waals surface area contributed by atoms with Gasteiger partial charge in [-0.25, -0.2) is 0 Å². The van der Waals surface area contributed by atoms with E-state index in [-0.39, 0.29) is 0 Å². The van der Waals surface area contributed by atoms with Crippen molar-refractivity contribution in [1.82, 2.24) is 10.1 Å². The summed E-state index contributed by atoms with van der Waals surface area (Å²) in [5.41, 5.74) is 4.91. The molecule has 0 spiro atoms. The molecule has 0 bridgehead atoms. The summed E-state index contributed by atoms with van der Waals surface area (Å²) < 4.78 is 10.4. The van der Waals surface area contributed by atoms with Gasteiger partial charge in [-0.05, 0) is 33.2 Å². The van der Waals surface area contributed by atoms with Crippen LogP contribution in [-0.2, 0) is 16.8 Å². The molecule has 0 unspecified atom stereocenters. The van der Waals surface area contributed by atoms with E-state index in [9.17, 15) is 0 Å². The van der Waals surface area contributed by atoms with Crippen molar-refractivity contribution in [2.24, 2.45) is 5.73 Å². The molecule has 0 fully saturated rings. The molecule has 5 nitrogen and oxygen atoms in total. The van der Waals surface area contributed by atoms with Gasteiger partial charge in [0, 0.05) is 13.5 Å². The molecule has 0 atom stereocenters. The summed E-state index contributed by atoms with van der Waals surface area (Å²) in [6.45, 7) is 4.51. The fourth-order valence-corrected chi connectivity index (χ4v) is 1.11.